The Morgan fingerprint density at radius 1 is 0.947 bits per heavy atom. The van der Waals surface area contributed by atoms with E-state index in [0.717, 1.165) is 0 Å². The van der Waals surface area contributed by atoms with Crippen molar-refractivity contribution >= 4 is 10.8 Å². The average Bonchev–Trinajstić information content (AvgIpc) is 2.47. The summed E-state index contributed by atoms with van der Waals surface area (Å²) in [4.78, 5) is 0. The summed E-state index contributed by atoms with van der Waals surface area (Å²) in [6.45, 7) is 2.30. The fourth-order valence-corrected chi connectivity index (χ4v) is 3.34. The van der Waals surface area contributed by atoms with Crippen LogP contribution >= 0.6 is 0 Å². The summed E-state index contributed by atoms with van der Waals surface area (Å²) >= 11 is 0. The molecule has 1 atom stereocenters. The summed E-state index contributed by atoms with van der Waals surface area (Å²) < 4.78 is 0. The molecule has 2 aromatic carbocycles. The largest absolute Gasteiger partial charge is 0.307 e. The predicted octanol–water partition coefficient (Wildman–Crippen LogP) is 4.82. The molecule has 0 bridgehead atoms. The van der Waals surface area contributed by atoms with Gasteiger partial charge in [-0.1, -0.05) is 61.7 Å². The number of rotatable bonds is 3. The van der Waals surface area contributed by atoms with E-state index in [1.54, 1.807) is 0 Å². The van der Waals surface area contributed by atoms with Gasteiger partial charge in [0.2, 0.25) is 0 Å². The van der Waals surface area contributed by atoms with Crippen molar-refractivity contribution in [3.05, 3.63) is 48.0 Å². The molecular formula is C18H23N. The zero-order valence-corrected chi connectivity index (χ0v) is 11.7. The van der Waals surface area contributed by atoms with Crippen molar-refractivity contribution in [2.75, 3.05) is 0 Å². The van der Waals surface area contributed by atoms with Crippen LogP contribution in [0.1, 0.15) is 50.6 Å². The first-order chi connectivity index (χ1) is 9.34. The Morgan fingerprint density at radius 2 is 1.68 bits per heavy atom. The Bertz CT molecular complexity index is 535. The smallest absolute Gasteiger partial charge is 0.0300 e. The molecule has 1 N–H and O–H groups in total. The monoisotopic (exact) mass is 253 g/mol. The van der Waals surface area contributed by atoms with Crippen molar-refractivity contribution in [1.29, 1.82) is 0 Å². The second kappa shape index (κ2) is 5.75. The Morgan fingerprint density at radius 3 is 2.53 bits per heavy atom. The first kappa shape index (κ1) is 12.7. The van der Waals surface area contributed by atoms with E-state index in [1.807, 2.05) is 0 Å². The molecule has 0 spiro atoms. The molecule has 0 radical (unpaired) electrons. The molecule has 1 nitrogen and oxygen atoms in total. The molecule has 0 aromatic heterocycles. The molecule has 1 aliphatic carbocycles. The Balaban J connectivity index is 1.82. The highest BCUT2D eigenvalue weighted by Gasteiger charge is 2.17. The van der Waals surface area contributed by atoms with Gasteiger partial charge in [-0.2, -0.15) is 0 Å². The third-order valence-corrected chi connectivity index (χ3v) is 4.38. The van der Waals surface area contributed by atoms with Crippen molar-refractivity contribution < 1.29 is 0 Å². The van der Waals surface area contributed by atoms with Crippen LogP contribution in [0.15, 0.2) is 42.5 Å². The molecule has 2 aromatic rings. The maximum absolute atomic E-state index is 3.83. The van der Waals surface area contributed by atoms with Crippen molar-refractivity contribution in [2.24, 2.45) is 0 Å². The lowest BCUT2D eigenvalue weighted by atomic mass is 9.93. The van der Waals surface area contributed by atoms with Crippen LogP contribution in [0.3, 0.4) is 0 Å². The minimum absolute atomic E-state index is 0.439. The van der Waals surface area contributed by atoms with Crippen LogP contribution in [0.4, 0.5) is 0 Å². The number of benzene rings is 2. The molecule has 1 unspecified atom stereocenters. The van der Waals surface area contributed by atoms with E-state index < -0.39 is 0 Å². The van der Waals surface area contributed by atoms with Gasteiger partial charge >= 0.3 is 0 Å². The number of hydrogen-bond acceptors (Lipinski definition) is 1. The van der Waals surface area contributed by atoms with Crippen molar-refractivity contribution in [3.8, 4) is 0 Å². The van der Waals surface area contributed by atoms with E-state index in [4.69, 9.17) is 0 Å². The normalized spacial score (nSPS) is 18.6. The van der Waals surface area contributed by atoms with Gasteiger partial charge < -0.3 is 5.32 Å². The van der Waals surface area contributed by atoms with Crippen molar-refractivity contribution in [1.82, 2.24) is 5.32 Å². The fourth-order valence-electron chi connectivity index (χ4n) is 3.34. The van der Waals surface area contributed by atoms with Gasteiger partial charge in [-0.3, -0.25) is 0 Å². The third-order valence-electron chi connectivity index (χ3n) is 4.38. The molecule has 0 aliphatic heterocycles. The van der Waals surface area contributed by atoms with Crippen LogP contribution in [0, 0.1) is 0 Å². The first-order valence-corrected chi connectivity index (χ1v) is 7.58. The Kier molecular flexibility index (Phi) is 3.84. The molecule has 100 valence electrons. The Hall–Kier alpha value is -1.34. The van der Waals surface area contributed by atoms with Gasteiger partial charge in [-0.25, -0.2) is 0 Å². The SMILES string of the molecule is CC(NC1CCCCC1)c1cccc2ccccc12. The van der Waals surface area contributed by atoms with Gasteiger partial charge in [0, 0.05) is 12.1 Å². The van der Waals surface area contributed by atoms with Crippen LogP contribution in [0.5, 0.6) is 0 Å². The minimum Gasteiger partial charge on any atom is -0.307 e. The first-order valence-electron chi connectivity index (χ1n) is 7.58. The van der Waals surface area contributed by atoms with Gasteiger partial charge in [-0.05, 0) is 36.1 Å². The lowest BCUT2D eigenvalue weighted by molar-refractivity contribution is 0.347. The topological polar surface area (TPSA) is 12.0 Å². The molecule has 3 rings (SSSR count). The van der Waals surface area contributed by atoms with Crippen LogP contribution in [-0.2, 0) is 0 Å². The van der Waals surface area contributed by atoms with Crippen LogP contribution in [-0.4, -0.2) is 6.04 Å². The second-order valence-electron chi connectivity index (χ2n) is 5.79. The molecule has 0 saturated heterocycles. The fraction of sp³-hybridized carbons (Fsp3) is 0.444. The molecule has 1 saturated carbocycles. The van der Waals surface area contributed by atoms with Crippen molar-refractivity contribution in [2.45, 2.75) is 51.1 Å². The lowest BCUT2D eigenvalue weighted by Crippen LogP contribution is -2.33. The highest BCUT2D eigenvalue weighted by Crippen LogP contribution is 2.26. The quantitative estimate of drug-likeness (QED) is 0.826. The minimum atomic E-state index is 0.439. The van der Waals surface area contributed by atoms with Crippen molar-refractivity contribution in [3.63, 3.8) is 0 Å². The maximum atomic E-state index is 3.83. The Labute approximate surface area is 116 Å². The van der Waals surface area contributed by atoms with Crippen LogP contribution in [0.2, 0.25) is 0 Å². The number of nitrogens with one attached hydrogen (secondary N) is 1. The number of hydrogen-bond donors (Lipinski definition) is 1. The van der Waals surface area contributed by atoms with Crippen LogP contribution in [0.25, 0.3) is 10.8 Å². The summed E-state index contributed by atoms with van der Waals surface area (Å²) in [6.07, 6.45) is 6.88. The second-order valence-corrected chi connectivity index (χ2v) is 5.79. The lowest BCUT2D eigenvalue weighted by Gasteiger charge is -2.27. The van der Waals surface area contributed by atoms with E-state index in [0.29, 0.717) is 12.1 Å². The molecular weight excluding hydrogens is 230 g/mol. The molecule has 0 heterocycles. The predicted molar refractivity (Wildman–Crippen MR) is 82.4 cm³/mol. The van der Waals surface area contributed by atoms with Crippen LogP contribution < -0.4 is 5.32 Å². The number of fused-ring (bicyclic) bond motifs is 1. The summed E-state index contributed by atoms with van der Waals surface area (Å²) in [5.74, 6) is 0. The molecule has 1 aliphatic rings. The van der Waals surface area contributed by atoms with E-state index in [2.05, 4.69) is 54.7 Å². The third kappa shape index (κ3) is 2.82. The summed E-state index contributed by atoms with van der Waals surface area (Å²) in [6, 6.07) is 16.5. The van der Waals surface area contributed by atoms with Gasteiger partial charge in [0.15, 0.2) is 0 Å². The maximum Gasteiger partial charge on any atom is 0.0300 e. The highest BCUT2D eigenvalue weighted by molar-refractivity contribution is 5.86. The highest BCUT2D eigenvalue weighted by atomic mass is 14.9. The summed E-state index contributed by atoms with van der Waals surface area (Å²) in [7, 11) is 0. The van der Waals surface area contributed by atoms with Gasteiger partial charge in [-0.15, -0.1) is 0 Å². The van der Waals surface area contributed by atoms with Gasteiger partial charge in [0.05, 0.1) is 0 Å². The van der Waals surface area contributed by atoms with E-state index in [9.17, 15) is 0 Å². The summed E-state index contributed by atoms with van der Waals surface area (Å²) in [5, 5.41) is 6.56. The van der Waals surface area contributed by atoms with Gasteiger partial charge in [0.25, 0.3) is 0 Å². The zero-order chi connectivity index (χ0) is 13.1. The zero-order valence-electron chi connectivity index (χ0n) is 11.7. The molecule has 0 amide bonds. The summed E-state index contributed by atoms with van der Waals surface area (Å²) in [5.41, 5.74) is 1.43. The molecule has 19 heavy (non-hydrogen) atoms. The average molecular weight is 253 g/mol. The van der Waals surface area contributed by atoms with Gasteiger partial charge in [0.1, 0.15) is 0 Å². The van der Waals surface area contributed by atoms with E-state index in [1.165, 1.54) is 48.4 Å². The molecule has 1 heteroatoms. The van der Waals surface area contributed by atoms with E-state index >= 15 is 0 Å². The van der Waals surface area contributed by atoms with E-state index in [-0.39, 0.29) is 0 Å². The standard InChI is InChI=1S/C18H23N/c1-14(19-16-10-3-2-4-11-16)17-13-7-9-15-8-5-6-12-18(15)17/h5-9,12-14,16,19H,2-4,10-11H2,1H3. The molecule has 1 fully saturated rings.